The van der Waals surface area contributed by atoms with E-state index < -0.39 is 0 Å². The maximum atomic E-state index is 8.73. The highest BCUT2D eigenvalue weighted by Crippen LogP contribution is 2.28. The average Bonchev–Trinajstić information content (AvgIpc) is 2.34. The first-order valence-corrected chi connectivity index (χ1v) is 7.06. The van der Waals surface area contributed by atoms with Crippen LogP contribution >= 0.6 is 0 Å². The van der Waals surface area contributed by atoms with Gasteiger partial charge in [-0.2, -0.15) is 0 Å². The summed E-state index contributed by atoms with van der Waals surface area (Å²) < 4.78 is 6.08. The molecule has 3 N–H and O–H groups in total. The summed E-state index contributed by atoms with van der Waals surface area (Å²) in [7, 11) is 0. The van der Waals surface area contributed by atoms with E-state index in [-0.39, 0.29) is 17.0 Å². The molecule has 1 fully saturated rings. The van der Waals surface area contributed by atoms with Gasteiger partial charge in [0.15, 0.2) is 5.84 Å². The smallest absolute Gasteiger partial charge is 0.188 e. The topological polar surface area (TPSA) is 84.0 Å². The minimum Gasteiger partial charge on any atom is -0.409 e. The van der Waals surface area contributed by atoms with Crippen LogP contribution in [0.4, 0.5) is 0 Å². The number of nitrogens with two attached hydrogens (primary N) is 1. The van der Waals surface area contributed by atoms with Crippen molar-refractivity contribution in [2.45, 2.75) is 45.4 Å². The highest BCUT2D eigenvalue weighted by atomic mass is 16.5. The van der Waals surface area contributed by atoms with Crippen LogP contribution in [0.1, 0.15) is 39.0 Å². The van der Waals surface area contributed by atoms with Gasteiger partial charge in [-0.05, 0) is 45.4 Å². The number of pyridine rings is 1. The molecule has 0 unspecified atom stereocenters. The Balaban J connectivity index is 2.14. The Bertz CT molecular complexity index is 524. The maximum absolute atomic E-state index is 8.73. The normalized spacial score (nSPS) is 22.2. The number of aromatic nitrogens is 1. The largest absolute Gasteiger partial charge is 0.409 e. The standard InChI is InChI=1S/C15H24N4O2/c1-14(2)9-19(10-15(3,4)21-14)8-11-5-6-17-12(7-11)13(16)18-20/h5-7,20H,8-10H2,1-4H3,(H2,16,18). The molecular weight excluding hydrogens is 268 g/mol. The van der Waals surface area contributed by atoms with Crippen molar-refractivity contribution in [3.05, 3.63) is 29.6 Å². The quantitative estimate of drug-likeness (QED) is 0.382. The van der Waals surface area contributed by atoms with Crippen molar-refractivity contribution in [1.29, 1.82) is 0 Å². The first kappa shape index (κ1) is 15.7. The van der Waals surface area contributed by atoms with Crippen LogP contribution in [0.3, 0.4) is 0 Å². The molecule has 1 saturated heterocycles. The number of amidine groups is 1. The van der Waals surface area contributed by atoms with Crippen molar-refractivity contribution in [2.75, 3.05) is 13.1 Å². The van der Waals surface area contributed by atoms with Crippen LogP contribution in [-0.4, -0.2) is 45.2 Å². The van der Waals surface area contributed by atoms with Gasteiger partial charge >= 0.3 is 0 Å². The molecule has 2 rings (SSSR count). The molecule has 1 aliphatic rings. The van der Waals surface area contributed by atoms with E-state index in [1.165, 1.54) is 0 Å². The van der Waals surface area contributed by atoms with Gasteiger partial charge in [0, 0.05) is 25.8 Å². The maximum Gasteiger partial charge on any atom is 0.188 e. The van der Waals surface area contributed by atoms with Gasteiger partial charge in [-0.15, -0.1) is 0 Å². The fraction of sp³-hybridized carbons (Fsp3) is 0.600. The van der Waals surface area contributed by atoms with Crippen LogP contribution in [0.25, 0.3) is 0 Å². The molecule has 0 amide bonds. The third-order valence-corrected chi connectivity index (χ3v) is 3.36. The lowest BCUT2D eigenvalue weighted by Crippen LogP contribution is -2.56. The summed E-state index contributed by atoms with van der Waals surface area (Å²) in [5.41, 5.74) is 6.80. The van der Waals surface area contributed by atoms with Crippen LogP contribution in [-0.2, 0) is 11.3 Å². The van der Waals surface area contributed by atoms with Gasteiger partial charge in [0.2, 0.25) is 0 Å². The molecule has 6 heteroatoms. The lowest BCUT2D eigenvalue weighted by Gasteiger charge is -2.47. The first-order valence-electron chi connectivity index (χ1n) is 7.06. The van der Waals surface area contributed by atoms with E-state index in [0.717, 1.165) is 25.2 Å². The summed E-state index contributed by atoms with van der Waals surface area (Å²) in [6.07, 6.45) is 1.68. The number of hydrogen-bond donors (Lipinski definition) is 2. The fourth-order valence-corrected chi connectivity index (χ4v) is 3.08. The second kappa shape index (κ2) is 5.61. The monoisotopic (exact) mass is 292 g/mol. The minimum atomic E-state index is -0.177. The zero-order valence-corrected chi connectivity index (χ0v) is 13.1. The number of nitrogens with zero attached hydrogens (tertiary/aromatic N) is 3. The van der Waals surface area contributed by atoms with E-state index in [2.05, 4.69) is 42.7 Å². The number of morpholine rings is 1. The summed E-state index contributed by atoms with van der Waals surface area (Å²) >= 11 is 0. The second-order valence-corrected chi connectivity index (χ2v) is 6.80. The van der Waals surface area contributed by atoms with Crippen LogP contribution in [0, 0.1) is 0 Å². The van der Waals surface area contributed by atoms with Crippen LogP contribution in [0.5, 0.6) is 0 Å². The molecule has 0 aromatic carbocycles. The van der Waals surface area contributed by atoms with E-state index >= 15 is 0 Å². The zero-order chi connectivity index (χ0) is 15.7. The van der Waals surface area contributed by atoms with Crippen LogP contribution < -0.4 is 5.73 Å². The van der Waals surface area contributed by atoms with Crippen molar-refractivity contribution in [3.8, 4) is 0 Å². The Kier molecular flexibility index (Phi) is 4.20. The van der Waals surface area contributed by atoms with Crippen LogP contribution in [0.2, 0.25) is 0 Å². The van der Waals surface area contributed by atoms with E-state index in [4.69, 9.17) is 15.7 Å². The number of oxime groups is 1. The molecule has 0 radical (unpaired) electrons. The summed E-state index contributed by atoms with van der Waals surface area (Å²) in [4.78, 5) is 6.46. The summed E-state index contributed by atoms with van der Waals surface area (Å²) in [6, 6.07) is 3.80. The molecule has 6 nitrogen and oxygen atoms in total. The fourth-order valence-electron chi connectivity index (χ4n) is 3.08. The van der Waals surface area contributed by atoms with Gasteiger partial charge in [-0.1, -0.05) is 5.16 Å². The Morgan fingerprint density at radius 1 is 1.38 bits per heavy atom. The molecule has 1 aromatic heterocycles. The third kappa shape index (κ3) is 4.15. The summed E-state index contributed by atoms with van der Waals surface area (Å²) in [5.74, 6) is 0.0273. The lowest BCUT2D eigenvalue weighted by molar-refractivity contribution is -0.182. The van der Waals surface area contributed by atoms with Gasteiger partial charge in [-0.3, -0.25) is 9.88 Å². The van der Waals surface area contributed by atoms with Crippen LogP contribution in [0.15, 0.2) is 23.5 Å². The SMILES string of the molecule is CC1(C)CN(Cc2ccnc(/C(N)=N/O)c2)CC(C)(C)O1. The van der Waals surface area contributed by atoms with Gasteiger partial charge in [0.25, 0.3) is 0 Å². The molecule has 116 valence electrons. The molecule has 0 bridgehead atoms. The highest BCUT2D eigenvalue weighted by Gasteiger charge is 2.37. The first-order chi connectivity index (χ1) is 9.71. The number of ether oxygens (including phenoxy) is 1. The van der Waals surface area contributed by atoms with Crippen molar-refractivity contribution >= 4 is 5.84 Å². The predicted octanol–water partition coefficient (Wildman–Crippen LogP) is 1.57. The average molecular weight is 292 g/mol. The van der Waals surface area contributed by atoms with Crippen molar-refractivity contribution in [2.24, 2.45) is 10.9 Å². The van der Waals surface area contributed by atoms with Gasteiger partial charge in [-0.25, -0.2) is 0 Å². The Morgan fingerprint density at radius 3 is 2.57 bits per heavy atom. The number of rotatable bonds is 3. The molecule has 0 saturated carbocycles. The van der Waals surface area contributed by atoms with Gasteiger partial charge in [0.05, 0.1) is 11.2 Å². The third-order valence-electron chi connectivity index (χ3n) is 3.36. The summed E-state index contributed by atoms with van der Waals surface area (Å²) in [6.45, 7) is 10.9. The Labute approximate surface area is 125 Å². The Hall–Kier alpha value is -1.66. The number of hydrogen-bond acceptors (Lipinski definition) is 5. The predicted molar refractivity (Wildman–Crippen MR) is 81.3 cm³/mol. The molecule has 0 atom stereocenters. The molecule has 2 heterocycles. The zero-order valence-electron chi connectivity index (χ0n) is 13.1. The second-order valence-electron chi connectivity index (χ2n) is 6.80. The van der Waals surface area contributed by atoms with Gasteiger partial charge in [0.1, 0.15) is 5.69 Å². The summed E-state index contributed by atoms with van der Waals surface area (Å²) in [5, 5.41) is 11.7. The molecule has 0 spiro atoms. The molecule has 1 aliphatic heterocycles. The molecule has 1 aromatic rings. The van der Waals surface area contributed by atoms with E-state index in [1.807, 2.05) is 12.1 Å². The molecule has 21 heavy (non-hydrogen) atoms. The molecular formula is C15H24N4O2. The van der Waals surface area contributed by atoms with Crippen molar-refractivity contribution in [3.63, 3.8) is 0 Å². The van der Waals surface area contributed by atoms with E-state index in [1.54, 1.807) is 6.20 Å². The lowest BCUT2D eigenvalue weighted by atomic mass is 9.98. The van der Waals surface area contributed by atoms with E-state index in [9.17, 15) is 0 Å². The Morgan fingerprint density at radius 2 is 2.00 bits per heavy atom. The van der Waals surface area contributed by atoms with E-state index in [0.29, 0.717) is 5.69 Å². The van der Waals surface area contributed by atoms with Gasteiger partial charge < -0.3 is 15.7 Å². The van der Waals surface area contributed by atoms with Crippen molar-refractivity contribution < 1.29 is 9.94 Å². The minimum absolute atomic E-state index is 0.0273. The highest BCUT2D eigenvalue weighted by molar-refractivity contribution is 5.95. The van der Waals surface area contributed by atoms with Crippen molar-refractivity contribution in [1.82, 2.24) is 9.88 Å². The molecule has 0 aliphatic carbocycles.